The van der Waals surface area contributed by atoms with Crippen LogP contribution in [0.25, 0.3) is 0 Å². The molecular formula is C11H15BrClN. The maximum atomic E-state index is 6.04. The van der Waals surface area contributed by atoms with Crippen LogP contribution >= 0.6 is 27.5 Å². The van der Waals surface area contributed by atoms with Gasteiger partial charge in [0.25, 0.3) is 0 Å². The molecule has 1 aromatic carbocycles. The van der Waals surface area contributed by atoms with Gasteiger partial charge < -0.3 is 5.73 Å². The van der Waals surface area contributed by atoms with Gasteiger partial charge in [-0.3, -0.25) is 0 Å². The van der Waals surface area contributed by atoms with Crippen molar-refractivity contribution >= 4 is 27.5 Å². The van der Waals surface area contributed by atoms with Crippen LogP contribution in [-0.2, 0) is 0 Å². The zero-order chi connectivity index (χ0) is 10.6. The van der Waals surface area contributed by atoms with Gasteiger partial charge in [0, 0.05) is 10.5 Å². The first-order valence-electron chi connectivity index (χ1n) is 4.85. The van der Waals surface area contributed by atoms with Gasteiger partial charge >= 0.3 is 0 Å². The molecule has 0 aliphatic rings. The highest BCUT2D eigenvalue weighted by atomic mass is 79.9. The van der Waals surface area contributed by atoms with Crippen molar-refractivity contribution in [2.75, 3.05) is 0 Å². The minimum atomic E-state index is 0.128. The standard InChI is InChI=1S/C11H15BrClN/c1-2-3-4-11(14)8-5-6-10(13)9(12)7-8/h5-7,11H,2-4,14H2,1H3. The van der Waals surface area contributed by atoms with E-state index < -0.39 is 0 Å². The molecule has 0 saturated carbocycles. The van der Waals surface area contributed by atoms with Gasteiger partial charge in [-0.15, -0.1) is 0 Å². The minimum Gasteiger partial charge on any atom is -0.324 e. The number of hydrogen-bond donors (Lipinski definition) is 1. The fourth-order valence-electron chi connectivity index (χ4n) is 1.33. The van der Waals surface area contributed by atoms with Gasteiger partial charge in [-0.05, 0) is 40.0 Å². The molecule has 1 unspecified atom stereocenters. The average molecular weight is 277 g/mol. The van der Waals surface area contributed by atoms with E-state index in [2.05, 4.69) is 22.9 Å². The predicted octanol–water partition coefficient (Wildman–Crippen LogP) is 4.29. The number of hydrogen-bond acceptors (Lipinski definition) is 1. The summed E-state index contributed by atoms with van der Waals surface area (Å²) in [4.78, 5) is 0. The number of rotatable bonds is 4. The fraction of sp³-hybridized carbons (Fsp3) is 0.455. The first-order chi connectivity index (χ1) is 6.65. The van der Waals surface area contributed by atoms with E-state index in [1.54, 1.807) is 0 Å². The molecule has 0 aliphatic heterocycles. The molecule has 14 heavy (non-hydrogen) atoms. The first kappa shape index (κ1) is 12.0. The Balaban J connectivity index is 2.70. The van der Waals surface area contributed by atoms with Crippen molar-refractivity contribution in [3.05, 3.63) is 33.3 Å². The molecule has 0 spiro atoms. The lowest BCUT2D eigenvalue weighted by Crippen LogP contribution is -2.09. The monoisotopic (exact) mass is 275 g/mol. The highest BCUT2D eigenvalue weighted by molar-refractivity contribution is 9.10. The van der Waals surface area contributed by atoms with E-state index in [9.17, 15) is 0 Å². The molecule has 0 bridgehead atoms. The van der Waals surface area contributed by atoms with E-state index in [0.717, 1.165) is 21.5 Å². The molecule has 0 radical (unpaired) electrons. The van der Waals surface area contributed by atoms with Crippen LogP contribution in [0.3, 0.4) is 0 Å². The summed E-state index contributed by atoms with van der Waals surface area (Å²) in [5.74, 6) is 0. The quantitative estimate of drug-likeness (QED) is 0.872. The number of nitrogens with two attached hydrogens (primary N) is 1. The van der Waals surface area contributed by atoms with E-state index in [0.29, 0.717) is 0 Å². The van der Waals surface area contributed by atoms with Crippen molar-refractivity contribution in [2.45, 2.75) is 32.2 Å². The molecule has 1 rings (SSSR count). The second kappa shape index (κ2) is 5.74. The summed E-state index contributed by atoms with van der Waals surface area (Å²) in [5, 5.41) is 0.733. The zero-order valence-electron chi connectivity index (χ0n) is 8.26. The van der Waals surface area contributed by atoms with Crippen LogP contribution in [0.15, 0.2) is 22.7 Å². The third-order valence-electron chi connectivity index (χ3n) is 2.24. The maximum Gasteiger partial charge on any atom is 0.0548 e. The highest BCUT2D eigenvalue weighted by Gasteiger charge is 2.06. The van der Waals surface area contributed by atoms with Gasteiger partial charge in [-0.2, -0.15) is 0 Å². The second-order valence-electron chi connectivity index (χ2n) is 3.42. The summed E-state index contributed by atoms with van der Waals surface area (Å²) in [5.41, 5.74) is 7.18. The molecule has 0 saturated heterocycles. The molecule has 1 aromatic rings. The van der Waals surface area contributed by atoms with Gasteiger partial charge in [0.2, 0.25) is 0 Å². The SMILES string of the molecule is CCCCC(N)c1ccc(Cl)c(Br)c1. The molecule has 1 nitrogen and oxygen atoms in total. The lowest BCUT2D eigenvalue weighted by Gasteiger charge is -2.12. The Hall–Kier alpha value is -0.0500. The summed E-state index contributed by atoms with van der Waals surface area (Å²) in [6.45, 7) is 2.17. The Kier molecular flexibility index (Phi) is 4.93. The van der Waals surface area contributed by atoms with Gasteiger partial charge in [0.1, 0.15) is 0 Å². The van der Waals surface area contributed by atoms with Crippen molar-refractivity contribution in [2.24, 2.45) is 5.73 Å². The van der Waals surface area contributed by atoms with Crippen LogP contribution in [0.4, 0.5) is 0 Å². The van der Waals surface area contributed by atoms with Crippen molar-refractivity contribution < 1.29 is 0 Å². The number of benzene rings is 1. The number of unbranched alkanes of at least 4 members (excludes halogenated alkanes) is 1. The Morgan fingerprint density at radius 3 is 2.79 bits per heavy atom. The Bertz CT molecular complexity index is 301. The molecule has 1 atom stereocenters. The van der Waals surface area contributed by atoms with Crippen LogP contribution < -0.4 is 5.73 Å². The topological polar surface area (TPSA) is 26.0 Å². The van der Waals surface area contributed by atoms with E-state index in [1.807, 2.05) is 18.2 Å². The minimum absolute atomic E-state index is 0.128. The normalized spacial score (nSPS) is 12.9. The third-order valence-corrected chi connectivity index (χ3v) is 3.45. The van der Waals surface area contributed by atoms with E-state index in [4.69, 9.17) is 17.3 Å². The second-order valence-corrected chi connectivity index (χ2v) is 4.68. The largest absolute Gasteiger partial charge is 0.324 e. The summed E-state index contributed by atoms with van der Waals surface area (Å²) in [6, 6.07) is 6.01. The Morgan fingerprint density at radius 1 is 1.50 bits per heavy atom. The molecule has 78 valence electrons. The molecule has 0 fully saturated rings. The Morgan fingerprint density at radius 2 is 2.21 bits per heavy atom. The average Bonchev–Trinajstić information content (AvgIpc) is 2.18. The van der Waals surface area contributed by atoms with Gasteiger partial charge in [0.05, 0.1) is 5.02 Å². The fourth-order valence-corrected chi connectivity index (χ4v) is 1.85. The van der Waals surface area contributed by atoms with Crippen molar-refractivity contribution in [3.8, 4) is 0 Å². The van der Waals surface area contributed by atoms with Crippen molar-refractivity contribution in [1.82, 2.24) is 0 Å². The van der Waals surface area contributed by atoms with E-state index in [1.165, 1.54) is 12.8 Å². The molecule has 0 amide bonds. The molecule has 3 heteroatoms. The third kappa shape index (κ3) is 3.26. The maximum absolute atomic E-state index is 6.04. The highest BCUT2D eigenvalue weighted by Crippen LogP contribution is 2.26. The summed E-state index contributed by atoms with van der Waals surface area (Å²) in [6.07, 6.45) is 3.38. The molecule has 2 N–H and O–H groups in total. The summed E-state index contributed by atoms with van der Waals surface area (Å²) >= 11 is 9.30. The van der Waals surface area contributed by atoms with E-state index in [-0.39, 0.29) is 6.04 Å². The van der Waals surface area contributed by atoms with E-state index >= 15 is 0 Å². The van der Waals surface area contributed by atoms with Gasteiger partial charge in [-0.1, -0.05) is 37.4 Å². The van der Waals surface area contributed by atoms with Crippen LogP contribution in [0.2, 0.25) is 5.02 Å². The zero-order valence-corrected chi connectivity index (χ0v) is 10.6. The van der Waals surface area contributed by atoms with Crippen LogP contribution in [0.1, 0.15) is 37.8 Å². The summed E-state index contributed by atoms with van der Waals surface area (Å²) < 4.78 is 0.920. The van der Waals surface area contributed by atoms with Crippen molar-refractivity contribution in [3.63, 3.8) is 0 Å². The predicted molar refractivity (Wildman–Crippen MR) is 65.6 cm³/mol. The van der Waals surface area contributed by atoms with Gasteiger partial charge in [-0.25, -0.2) is 0 Å². The molecule has 0 aromatic heterocycles. The van der Waals surface area contributed by atoms with Crippen LogP contribution in [0, 0.1) is 0 Å². The molecular weight excluding hydrogens is 261 g/mol. The van der Waals surface area contributed by atoms with Crippen molar-refractivity contribution in [1.29, 1.82) is 0 Å². The van der Waals surface area contributed by atoms with Crippen LogP contribution in [0.5, 0.6) is 0 Å². The molecule has 0 aliphatic carbocycles. The summed E-state index contributed by atoms with van der Waals surface area (Å²) in [7, 11) is 0. The first-order valence-corrected chi connectivity index (χ1v) is 6.02. The lowest BCUT2D eigenvalue weighted by molar-refractivity contribution is 0.603. The smallest absolute Gasteiger partial charge is 0.0548 e. The number of halogens is 2. The Labute approximate surface area is 98.8 Å². The van der Waals surface area contributed by atoms with Gasteiger partial charge in [0.15, 0.2) is 0 Å². The lowest BCUT2D eigenvalue weighted by atomic mass is 10.0. The van der Waals surface area contributed by atoms with Crippen LogP contribution in [-0.4, -0.2) is 0 Å². The molecule has 0 heterocycles.